The standard InChI is InChI=1S/C14H26N2O2/c1-13(2)4-3-11(9-13)16-12(17)14(10-15)5-7-18-8-6-14/h11H,3-10,15H2,1-2H3,(H,16,17). The summed E-state index contributed by atoms with van der Waals surface area (Å²) < 4.78 is 5.34. The number of hydrogen-bond acceptors (Lipinski definition) is 3. The summed E-state index contributed by atoms with van der Waals surface area (Å²) in [7, 11) is 0. The molecule has 2 aliphatic rings. The van der Waals surface area contributed by atoms with Crippen LogP contribution in [0.15, 0.2) is 0 Å². The molecule has 1 saturated carbocycles. The Kier molecular flexibility index (Phi) is 3.97. The molecule has 4 heteroatoms. The highest BCUT2D eigenvalue weighted by atomic mass is 16.5. The summed E-state index contributed by atoms with van der Waals surface area (Å²) in [6.07, 6.45) is 4.87. The van der Waals surface area contributed by atoms with Gasteiger partial charge in [-0.1, -0.05) is 13.8 Å². The van der Waals surface area contributed by atoms with Gasteiger partial charge in [0.25, 0.3) is 0 Å². The molecule has 1 aliphatic carbocycles. The molecule has 4 nitrogen and oxygen atoms in total. The molecule has 1 heterocycles. The Hall–Kier alpha value is -0.610. The van der Waals surface area contributed by atoms with Crippen molar-refractivity contribution < 1.29 is 9.53 Å². The lowest BCUT2D eigenvalue weighted by Crippen LogP contribution is -2.51. The number of carbonyl (C=O) groups excluding carboxylic acids is 1. The summed E-state index contributed by atoms with van der Waals surface area (Å²) in [5.74, 6) is 0.149. The van der Waals surface area contributed by atoms with Crippen LogP contribution in [0.4, 0.5) is 0 Å². The Morgan fingerprint density at radius 2 is 2.00 bits per heavy atom. The van der Waals surface area contributed by atoms with Crippen LogP contribution in [-0.2, 0) is 9.53 Å². The third-order valence-corrected chi connectivity index (χ3v) is 4.63. The molecule has 0 bridgehead atoms. The molecular weight excluding hydrogens is 228 g/mol. The molecule has 104 valence electrons. The minimum absolute atomic E-state index is 0.149. The number of nitrogens with two attached hydrogens (primary N) is 1. The summed E-state index contributed by atoms with van der Waals surface area (Å²) >= 11 is 0. The molecule has 1 atom stereocenters. The fraction of sp³-hybridized carbons (Fsp3) is 0.929. The van der Waals surface area contributed by atoms with E-state index < -0.39 is 0 Å². The van der Waals surface area contributed by atoms with Crippen molar-refractivity contribution in [2.45, 2.75) is 52.0 Å². The predicted molar refractivity (Wildman–Crippen MR) is 71.1 cm³/mol. The van der Waals surface area contributed by atoms with E-state index in [2.05, 4.69) is 19.2 Å². The molecule has 1 saturated heterocycles. The van der Waals surface area contributed by atoms with E-state index in [0.717, 1.165) is 25.7 Å². The van der Waals surface area contributed by atoms with Crippen LogP contribution in [0.1, 0.15) is 46.0 Å². The van der Waals surface area contributed by atoms with Crippen molar-refractivity contribution in [3.8, 4) is 0 Å². The second-order valence-corrected chi connectivity index (χ2v) is 6.67. The molecule has 0 radical (unpaired) electrons. The maximum Gasteiger partial charge on any atom is 0.227 e. The maximum absolute atomic E-state index is 12.5. The van der Waals surface area contributed by atoms with E-state index in [-0.39, 0.29) is 11.3 Å². The van der Waals surface area contributed by atoms with Crippen LogP contribution in [0.3, 0.4) is 0 Å². The van der Waals surface area contributed by atoms with Gasteiger partial charge in [-0.3, -0.25) is 4.79 Å². The number of amides is 1. The topological polar surface area (TPSA) is 64.4 Å². The van der Waals surface area contributed by atoms with Crippen LogP contribution >= 0.6 is 0 Å². The van der Waals surface area contributed by atoms with Crippen molar-refractivity contribution in [2.75, 3.05) is 19.8 Å². The van der Waals surface area contributed by atoms with Crippen molar-refractivity contribution in [3.05, 3.63) is 0 Å². The quantitative estimate of drug-likeness (QED) is 0.801. The van der Waals surface area contributed by atoms with E-state index >= 15 is 0 Å². The minimum Gasteiger partial charge on any atom is -0.381 e. The summed E-state index contributed by atoms with van der Waals surface area (Å²) in [6, 6.07) is 0.332. The Bertz CT molecular complexity index is 309. The zero-order valence-electron chi connectivity index (χ0n) is 11.6. The number of rotatable bonds is 3. The van der Waals surface area contributed by atoms with E-state index in [4.69, 9.17) is 10.5 Å². The highest BCUT2D eigenvalue weighted by molar-refractivity contribution is 5.83. The number of nitrogens with one attached hydrogen (secondary N) is 1. The van der Waals surface area contributed by atoms with E-state index in [1.54, 1.807) is 0 Å². The van der Waals surface area contributed by atoms with Crippen molar-refractivity contribution >= 4 is 5.91 Å². The highest BCUT2D eigenvalue weighted by Crippen LogP contribution is 2.38. The normalized spacial score (nSPS) is 30.1. The van der Waals surface area contributed by atoms with Crippen LogP contribution in [0.2, 0.25) is 0 Å². The second kappa shape index (κ2) is 5.17. The van der Waals surface area contributed by atoms with Crippen molar-refractivity contribution in [2.24, 2.45) is 16.6 Å². The lowest BCUT2D eigenvalue weighted by molar-refractivity contribution is -0.136. The van der Waals surface area contributed by atoms with E-state index in [0.29, 0.717) is 31.2 Å². The van der Waals surface area contributed by atoms with E-state index in [1.807, 2.05) is 0 Å². The first-order chi connectivity index (χ1) is 8.47. The van der Waals surface area contributed by atoms with Crippen LogP contribution in [0, 0.1) is 10.8 Å². The first-order valence-electron chi connectivity index (χ1n) is 7.06. The molecule has 1 amide bonds. The molecule has 2 fully saturated rings. The average molecular weight is 254 g/mol. The van der Waals surface area contributed by atoms with Crippen LogP contribution in [0.25, 0.3) is 0 Å². The summed E-state index contributed by atoms with van der Waals surface area (Å²) in [6.45, 7) is 6.28. The van der Waals surface area contributed by atoms with E-state index in [1.165, 1.54) is 6.42 Å². The molecule has 1 unspecified atom stereocenters. The van der Waals surface area contributed by atoms with Gasteiger partial charge in [0.05, 0.1) is 5.41 Å². The lowest BCUT2D eigenvalue weighted by atomic mass is 9.79. The van der Waals surface area contributed by atoms with Gasteiger partial charge in [-0.25, -0.2) is 0 Å². The highest BCUT2D eigenvalue weighted by Gasteiger charge is 2.41. The molecule has 1 aliphatic heterocycles. The number of hydrogen-bond donors (Lipinski definition) is 2. The molecular formula is C14H26N2O2. The largest absolute Gasteiger partial charge is 0.381 e. The fourth-order valence-electron chi connectivity index (χ4n) is 3.18. The average Bonchev–Trinajstić information content (AvgIpc) is 2.69. The van der Waals surface area contributed by atoms with Crippen LogP contribution in [-0.4, -0.2) is 31.7 Å². The summed E-state index contributed by atoms with van der Waals surface area (Å²) in [5.41, 5.74) is 5.83. The smallest absolute Gasteiger partial charge is 0.227 e. The van der Waals surface area contributed by atoms with Crippen LogP contribution < -0.4 is 11.1 Å². The first kappa shape index (κ1) is 13.8. The van der Waals surface area contributed by atoms with Gasteiger partial charge in [-0.2, -0.15) is 0 Å². The summed E-state index contributed by atoms with van der Waals surface area (Å²) in [5, 5.41) is 3.22. The van der Waals surface area contributed by atoms with Gasteiger partial charge in [0.15, 0.2) is 0 Å². The molecule has 0 aromatic carbocycles. The molecule has 2 rings (SSSR count). The van der Waals surface area contributed by atoms with Gasteiger partial charge in [0.1, 0.15) is 0 Å². The number of carbonyl (C=O) groups is 1. The monoisotopic (exact) mass is 254 g/mol. The van der Waals surface area contributed by atoms with Gasteiger partial charge in [-0.05, 0) is 37.5 Å². The minimum atomic E-state index is -0.384. The first-order valence-corrected chi connectivity index (χ1v) is 7.06. The van der Waals surface area contributed by atoms with Gasteiger partial charge in [0, 0.05) is 25.8 Å². The Morgan fingerprint density at radius 3 is 2.50 bits per heavy atom. The van der Waals surface area contributed by atoms with Crippen LogP contribution in [0.5, 0.6) is 0 Å². The molecule has 18 heavy (non-hydrogen) atoms. The van der Waals surface area contributed by atoms with Crippen molar-refractivity contribution in [3.63, 3.8) is 0 Å². The SMILES string of the molecule is CC1(C)CCC(NC(=O)C2(CN)CCOCC2)C1. The van der Waals surface area contributed by atoms with Gasteiger partial charge < -0.3 is 15.8 Å². The summed E-state index contributed by atoms with van der Waals surface area (Å²) in [4.78, 5) is 12.5. The third kappa shape index (κ3) is 2.86. The van der Waals surface area contributed by atoms with E-state index in [9.17, 15) is 4.79 Å². The van der Waals surface area contributed by atoms with Crippen molar-refractivity contribution in [1.82, 2.24) is 5.32 Å². The van der Waals surface area contributed by atoms with Crippen molar-refractivity contribution in [1.29, 1.82) is 0 Å². The lowest BCUT2D eigenvalue weighted by Gasteiger charge is -2.35. The zero-order chi connectivity index (χ0) is 13.2. The van der Waals surface area contributed by atoms with Gasteiger partial charge in [-0.15, -0.1) is 0 Å². The second-order valence-electron chi connectivity index (χ2n) is 6.67. The zero-order valence-corrected chi connectivity index (χ0v) is 11.6. The third-order valence-electron chi connectivity index (χ3n) is 4.63. The Morgan fingerprint density at radius 1 is 1.33 bits per heavy atom. The molecule has 0 aromatic rings. The fourth-order valence-corrected chi connectivity index (χ4v) is 3.18. The van der Waals surface area contributed by atoms with Gasteiger partial charge in [0.2, 0.25) is 5.91 Å². The molecule has 3 N–H and O–H groups in total. The Labute approximate surface area is 110 Å². The molecule has 0 aromatic heterocycles. The Balaban J connectivity index is 1.94. The predicted octanol–water partition coefficient (Wildman–Crippen LogP) is 1.44. The number of ether oxygens (including phenoxy) is 1. The molecule has 0 spiro atoms. The van der Waals surface area contributed by atoms with Gasteiger partial charge >= 0.3 is 0 Å². The maximum atomic E-state index is 12.5.